The van der Waals surface area contributed by atoms with Crippen molar-refractivity contribution in [3.05, 3.63) is 30.0 Å². The first-order chi connectivity index (χ1) is 14.7. The highest BCUT2D eigenvalue weighted by Crippen LogP contribution is 2.38. The van der Waals surface area contributed by atoms with Crippen molar-refractivity contribution < 1.29 is 27.5 Å². The molecule has 2 heterocycles. The van der Waals surface area contributed by atoms with Crippen molar-refractivity contribution in [2.24, 2.45) is 0 Å². The van der Waals surface area contributed by atoms with Gasteiger partial charge in [-0.1, -0.05) is 6.07 Å². The number of amides is 2. The van der Waals surface area contributed by atoms with E-state index >= 15 is 0 Å². The number of carbonyl (C=O) groups is 2. The molecule has 1 aliphatic carbocycles. The topological polar surface area (TPSA) is 152 Å². The fraction of sp³-hybridized carbons (Fsp3) is 0.421. The molecule has 1 aromatic heterocycles. The zero-order valence-corrected chi connectivity index (χ0v) is 17.8. The zero-order valence-electron chi connectivity index (χ0n) is 17.0. The van der Waals surface area contributed by atoms with Gasteiger partial charge in [-0.25, -0.2) is 22.7 Å². The Bertz CT molecular complexity index is 1110. The quantitative estimate of drug-likeness (QED) is 0.544. The van der Waals surface area contributed by atoms with Crippen LogP contribution in [0, 0.1) is 0 Å². The van der Waals surface area contributed by atoms with Crippen LogP contribution >= 0.6 is 0 Å². The van der Waals surface area contributed by atoms with E-state index in [1.165, 1.54) is 12.1 Å². The molecule has 1 saturated carbocycles. The van der Waals surface area contributed by atoms with Crippen LogP contribution in [-0.2, 0) is 14.8 Å². The Morgan fingerprint density at radius 2 is 2.13 bits per heavy atom. The molecular weight excluding hydrogens is 426 g/mol. The van der Waals surface area contributed by atoms with Gasteiger partial charge in [-0.3, -0.25) is 5.10 Å². The van der Waals surface area contributed by atoms with Crippen molar-refractivity contribution in [3.63, 3.8) is 0 Å². The van der Waals surface area contributed by atoms with Gasteiger partial charge in [0.2, 0.25) is 0 Å². The molecule has 1 fully saturated rings. The number of sulfonamides is 1. The summed E-state index contributed by atoms with van der Waals surface area (Å²) < 4.78 is 36.6. The van der Waals surface area contributed by atoms with Crippen LogP contribution in [0.25, 0.3) is 0 Å². The first-order valence-corrected chi connectivity index (χ1v) is 11.4. The fourth-order valence-electron chi connectivity index (χ4n) is 3.71. The van der Waals surface area contributed by atoms with Crippen molar-refractivity contribution in [2.45, 2.75) is 56.1 Å². The maximum absolute atomic E-state index is 12.1. The van der Waals surface area contributed by atoms with Gasteiger partial charge in [-0.05, 0) is 45.2 Å². The molecule has 0 spiro atoms. The van der Waals surface area contributed by atoms with Crippen LogP contribution in [0.15, 0.2) is 29.2 Å². The van der Waals surface area contributed by atoms with Gasteiger partial charge in [-0.15, -0.1) is 0 Å². The van der Waals surface area contributed by atoms with Crippen LogP contribution in [0.5, 0.6) is 5.75 Å². The second kappa shape index (κ2) is 8.10. The number of anilines is 2. The maximum atomic E-state index is 12.1. The lowest BCUT2D eigenvalue weighted by Crippen LogP contribution is -2.37. The van der Waals surface area contributed by atoms with Crippen molar-refractivity contribution in [3.8, 4) is 5.75 Å². The highest BCUT2D eigenvalue weighted by Gasteiger charge is 2.32. The molecule has 0 bridgehead atoms. The van der Waals surface area contributed by atoms with E-state index in [0.29, 0.717) is 17.9 Å². The number of benzene rings is 1. The predicted molar refractivity (Wildman–Crippen MR) is 110 cm³/mol. The van der Waals surface area contributed by atoms with Crippen molar-refractivity contribution >= 4 is 33.7 Å². The summed E-state index contributed by atoms with van der Waals surface area (Å²) in [5, 5.41) is 12.9. The molecule has 31 heavy (non-hydrogen) atoms. The second-order valence-electron chi connectivity index (χ2n) is 7.80. The highest BCUT2D eigenvalue weighted by molar-refractivity contribution is 7.90. The molecule has 2 amide bonds. The Kier molecular flexibility index (Phi) is 5.48. The number of hydrogen-bond donors (Lipinski definition) is 4. The molecule has 166 valence electrons. The van der Waals surface area contributed by atoms with Crippen LogP contribution in [0.3, 0.4) is 0 Å². The number of nitrogens with zero attached hydrogens (tertiary/aromatic N) is 1. The van der Waals surface area contributed by atoms with Gasteiger partial charge < -0.3 is 20.1 Å². The zero-order chi connectivity index (χ0) is 22.2. The SMILES string of the molecule is CC(C)NC(=O)OC1CC[C@H](c2cc(Nc3cccc4c3OC(=O)NS4(=O)=O)n[nH]2)C1. The van der Waals surface area contributed by atoms with Crippen molar-refractivity contribution in [1.82, 2.24) is 20.2 Å². The van der Waals surface area contributed by atoms with Gasteiger partial charge in [0.05, 0.1) is 5.69 Å². The molecule has 2 atom stereocenters. The van der Waals surface area contributed by atoms with Gasteiger partial charge in [0, 0.05) is 23.7 Å². The van der Waals surface area contributed by atoms with Gasteiger partial charge in [0.25, 0.3) is 10.0 Å². The number of H-pyrrole nitrogens is 1. The number of alkyl carbamates (subject to hydrolysis) is 1. The van der Waals surface area contributed by atoms with Gasteiger partial charge >= 0.3 is 12.2 Å². The Morgan fingerprint density at radius 3 is 2.90 bits per heavy atom. The summed E-state index contributed by atoms with van der Waals surface area (Å²) in [5.41, 5.74) is 1.17. The summed E-state index contributed by atoms with van der Waals surface area (Å²) in [6, 6.07) is 6.29. The van der Waals surface area contributed by atoms with E-state index in [1.807, 2.05) is 13.8 Å². The molecule has 1 unspecified atom stereocenters. The fourth-order valence-corrected chi connectivity index (χ4v) is 4.73. The number of hydrogen-bond acceptors (Lipinski definition) is 8. The number of aromatic amines is 1. The lowest BCUT2D eigenvalue weighted by atomic mass is 10.0. The molecule has 0 radical (unpaired) electrons. The number of rotatable bonds is 5. The summed E-state index contributed by atoms with van der Waals surface area (Å²) in [4.78, 5) is 23.3. The van der Waals surface area contributed by atoms with E-state index in [0.717, 1.165) is 18.5 Å². The molecule has 2 aliphatic rings. The largest absolute Gasteiger partial charge is 0.446 e. The van der Waals surface area contributed by atoms with E-state index in [4.69, 9.17) is 9.47 Å². The van der Waals surface area contributed by atoms with E-state index in [9.17, 15) is 18.0 Å². The Hall–Kier alpha value is -3.28. The van der Waals surface area contributed by atoms with Crippen LogP contribution in [-0.4, -0.2) is 42.9 Å². The number of nitrogens with one attached hydrogen (secondary N) is 4. The minimum Gasteiger partial charge on any atom is -0.446 e. The van der Waals surface area contributed by atoms with Crippen LogP contribution in [0.4, 0.5) is 21.1 Å². The number of ether oxygens (including phenoxy) is 2. The third kappa shape index (κ3) is 4.58. The average Bonchev–Trinajstić information content (AvgIpc) is 3.30. The van der Waals surface area contributed by atoms with Crippen LogP contribution < -0.4 is 20.1 Å². The number of carbonyl (C=O) groups excluding carboxylic acids is 2. The smallest absolute Gasteiger partial charge is 0.426 e. The predicted octanol–water partition coefficient (Wildman–Crippen LogP) is 2.71. The van der Waals surface area contributed by atoms with Gasteiger partial charge in [-0.2, -0.15) is 5.10 Å². The minimum atomic E-state index is -3.98. The molecule has 0 saturated heterocycles. The van der Waals surface area contributed by atoms with Gasteiger partial charge in [0.15, 0.2) is 11.6 Å². The Labute approximate surface area is 178 Å². The molecule has 12 heteroatoms. The lowest BCUT2D eigenvalue weighted by Gasteiger charge is -2.19. The molecule has 4 N–H and O–H groups in total. The number of fused-ring (bicyclic) bond motifs is 1. The normalized spacial score (nSPS) is 21.7. The lowest BCUT2D eigenvalue weighted by molar-refractivity contribution is 0.0981. The monoisotopic (exact) mass is 449 g/mol. The molecule has 1 aromatic carbocycles. The Morgan fingerprint density at radius 1 is 1.32 bits per heavy atom. The molecule has 1 aliphatic heterocycles. The average molecular weight is 449 g/mol. The van der Waals surface area contributed by atoms with Crippen LogP contribution in [0.1, 0.15) is 44.7 Å². The summed E-state index contributed by atoms with van der Waals surface area (Å²) in [6.07, 6.45) is 0.620. The minimum absolute atomic E-state index is 0.0136. The van der Waals surface area contributed by atoms with Crippen molar-refractivity contribution in [1.29, 1.82) is 0 Å². The molecule has 11 nitrogen and oxygen atoms in total. The van der Waals surface area contributed by atoms with E-state index < -0.39 is 22.2 Å². The van der Waals surface area contributed by atoms with E-state index in [-0.39, 0.29) is 28.7 Å². The standard InChI is InChI=1S/C19H23N5O6S/c1-10(2)20-18(25)29-12-7-6-11(8-12)14-9-16(23-22-14)21-13-4-3-5-15-17(13)30-19(26)24-31(15,27)28/h3-5,9-12H,6-8H2,1-2H3,(H,20,25)(H,24,26)(H2,21,22,23)/t11-,12?/m0/s1. The number of para-hydroxylation sites is 1. The molecule has 4 rings (SSSR count). The third-order valence-corrected chi connectivity index (χ3v) is 6.38. The number of aromatic nitrogens is 2. The highest BCUT2D eigenvalue weighted by atomic mass is 32.2. The van der Waals surface area contributed by atoms with Gasteiger partial charge in [0.1, 0.15) is 11.0 Å². The van der Waals surface area contributed by atoms with E-state index in [1.54, 1.807) is 16.9 Å². The van der Waals surface area contributed by atoms with Crippen LogP contribution in [0.2, 0.25) is 0 Å². The first-order valence-electron chi connectivity index (χ1n) is 9.88. The summed E-state index contributed by atoms with van der Waals surface area (Å²) in [7, 11) is -3.98. The molecule has 2 aromatic rings. The third-order valence-electron chi connectivity index (χ3n) is 5.05. The summed E-state index contributed by atoms with van der Waals surface area (Å²) in [5.74, 6) is 0.505. The maximum Gasteiger partial charge on any atom is 0.426 e. The Balaban J connectivity index is 1.44. The van der Waals surface area contributed by atoms with E-state index in [2.05, 4.69) is 20.8 Å². The van der Waals surface area contributed by atoms with Crippen molar-refractivity contribution in [2.75, 3.05) is 5.32 Å². The summed E-state index contributed by atoms with van der Waals surface area (Å²) in [6.45, 7) is 3.74. The summed E-state index contributed by atoms with van der Waals surface area (Å²) >= 11 is 0. The second-order valence-corrected chi connectivity index (χ2v) is 9.45. The molecular formula is C19H23N5O6S. The first kappa shape index (κ1) is 21.0.